The molecule has 1 aromatic carbocycles. The summed E-state index contributed by atoms with van der Waals surface area (Å²) in [6.45, 7) is 2.65. The van der Waals surface area contributed by atoms with Gasteiger partial charge < -0.3 is 4.74 Å². The SMILES string of the molecule is COC(=O)c1cccc(CN2CCc3cnc(C4CC4)nc3C2)c1. The van der Waals surface area contributed by atoms with Crippen molar-refractivity contribution in [3.8, 4) is 0 Å². The highest BCUT2D eigenvalue weighted by atomic mass is 16.5. The molecule has 1 fully saturated rings. The second kappa shape index (κ2) is 6.32. The molecular formula is C19H21N3O2. The number of esters is 1. The molecule has 1 aliphatic carbocycles. The van der Waals surface area contributed by atoms with Crippen molar-refractivity contribution in [2.75, 3.05) is 13.7 Å². The first-order valence-electron chi connectivity index (χ1n) is 8.47. The van der Waals surface area contributed by atoms with Crippen molar-refractivity contribution in [1.82, 2.24) is 14.9 Å². The van der Waals surface area contributed by atoms with Gasteiger partial charge in [0.2, 0.25) is 0 Å². The minimum absolute atomic E-state index is 0.289. The van der Waals surface area contributed by atoms with Crippen molar-refractivity contribution < 1.29 is 9.53 Å². The maximum atomic E-state index is 11.7. The van der Waals surface area contributed by atoms with Crippen LogP contribution in [0.2, 0.25) is 0 Å². The standard InChI is InChI=1S/C19H21N3O2/c1-24-19(23)15-4-2-3-13(9-15)11-22-8-7-16-10-20-18(14-5-6-14)21-17(16)12-22/h2-4,9-10,14H,5-8,11-12H2,1H3. The van der Waals surface area contributed by atoms with Gasteiger partial charge in [0.25, 0.3) is 0 Å². The predicted molar refractivity (Wildman–Crippen MR) is 89.6 cm³/mol. The number of carbonyl (C=O) groups excluding carboxylic acids is 1. The van der Waals surface area contributed by atoms with Crippen LogP contribution >= 0.6 is 0 Å². The fourth-order valence-corrected chi connectivity index (χ4v) is 3.22. The molecule has 0 N–H and O–H groups in total. The van der Waals surface area contributed by atoms with Crippen molar-refractivity contribution in [2.45, 2.75) is 38.3 Å². The Morgan fingerprint density at radius 3 is 3.04 bits per heavy atom. The first-order chi connectivity index (χ1) is 11.7. The lowest BCUT2D eigenvalue weighted by atomic mass is 10.0. The van der Waals surface area contributed by atoms with E-state index in [1.165, 1.54) is 31.2 Å². The maximum Gasteiger partial charge on any atom is 0.337 e. The van der Waals surface area contributed by atoms with Gasteiger partial charge >= 0.3 is 5.97 Å². The Kier molecular flexibility index (Phi) is 4.02. The van der Waals surface area contributed by atoms with E-state index in [1.54, 1.807) is 6.07 Å². The zero-order valence-corrected chi connectivity index (χ0v) is 13.9. The van der Waals surface area contributed by atoms with E-state index in [1.807, 2.05) is 18.3 Å². The van der Waals surface area contributed by atoms with E-state index in [0.717, 1.165) is 37.4 Å². The van der Waals surface area contributed by atoms with E-state index in [-0.39, 0.29) is 5.97 Å². The Morgan fingerprint density at radius 1 is 1.38 bits per heavy atom. The van der Waals surface area contributed by atoms with Gasteiger partial charge in [-0.3, -0.25) is 4.90 Å². The van der Waals surface area contributed by atoms with E-state index < -0.39 is 0 Å². The Bertz CT molecular complexity index is 771. The molecular weight excluding hydrogens is 302 g/mol. The van der Waals surface area contributed by atoms with Gasteiger partial charge in [0.05, 0.1) is 18.4 Å². The van der Waals surface area contributed by atoms with Gasteiger partial charge in [0.1, 0.15) is 5.82 Å². The third-order valence-electron chi connectivity index (χ3n) is 4.74. The molecule has 1 aromatic heterocycles. The van der Waals surface area contributed by atoms with Crippen molar-refractivity contribution >= 4 is 5.97 Å². The molecule has 2 aromatic rings. The quantitative estimate of drug-likeness (QED) is 0.810. The third-order valence-corrected chi connectivity index (χ3v) is 4.74. The molecule has 0 radical (unpaired) electrons. The number of benzene rings is 1. The Hall–Kier alpha value is -2.27. The Morgan fingerprint density at radius 2 is 2.25 bits per heavy atom. The Balaban J connectivity index is 1.48. The maximum absolute atomic E-state index is 11.7. The lowest BCUT2D eigenvalue weighted by Gasteiger charge is -2.28. The second-order valence-corrected chi connectivity index (χ2v) is 6.63. The van der Waals surface area contributed by atoms with Gasteiger partial charge in [-0.2, -0.15) is 0 Å². The fraction of sp³-hybridized carbons (Fsp3) is 0.421. The van der Waals surface area contributed by atoms with Crippen molar-refractivity contribution in [2.24, 2.45) is 0 Å². The average molecular weight is 323 g/mol. The van der Waals surface area contributed by atoms with Gasteiger partial charge in [-0.25, -0.2) is 14.8 Å². The van der Waals surface area contributed by atoms with Crippen LogP contribution < -0.4 is 0 Å². The molecule has 1 saturated carbocycles. The number of nitrogens with zero attached hydrogens (tertiary/aromatic N) is 3. The smallest absolute Gasteiger partial charge is 0.337 e. The molecule has 2 heterocycles. The van der Waals surface area contributed by atoms with E-state index in [0.29, 0.717) is 11.5 Å². The first-order valence-corrected chi connectivity index (χ1v) is 8.47. The van der Waals surface area contributed by atoms with Gasteiger partial charge in [0.15, 0.2) is 0 Å². The molecule has 0 amide bonds. The molecule has 24 heavy (non-hydrogen) atoms. The largest absolute Gasteiger partial charge is 0.465 e. The molecule has 1 aliphatic heterocycles. The second-order valence-electron chi connectivity index (χ2n) is 6.63. The molecule has 0 bridgehead atoms. The van der Waals surface area contributed by atoms with E-state index in [9.17, 15) is 4.79 Å². The molecule has 5 nitrogen and oxygen atoms in total. The number of ether oxygens (including phenoxy) is 1. The lowest BCUT2D eigenvalue weighted by molar-refractivity contribution is 0.0600. The predicted octanol–water partition coefficient (Wildman–Crippen LogP) is 2.70. The topological polar surface area (TPSA) is 55.3 Å². The minimum atomic E-state index is -0.289. The molecule has 2 aliphatic rings. The van der Waals surface area contributed by atoms with Gasteiger partial charge in [0, 0.05) is 31.7 Å². The average Bonchev–Trinajstić information content (AvgIpc) is 3.46. The summed E-state index contributed by atoms with van der Waals surface area (Å²) in [7, 11) is 1.41. The summed E-state index contributed by atoms with van der Waals surface area (Å²) >= 11 is 0. The van der Waals surface area contributed by atoms with E-state index in [2.05, 4.69) is 16.0 Å². The van der Waals surface area contributed by atoms with Crippen LogP contribution in [-0.4, -0.2) is 34.5 Å². The van der Waals surface area contributed by atoms with Crippen LogP contribution in [0.5, 0.6) is 0 Å². The molecule has 124 valence electrons. The number of fused-ring (bicyclic) bond motifs is 1. The summed E-state index contributed by atoms with van der Waals surface area (Å²) in [6, 6.07) is 7.66. The summed E-state index contributed by atoms with van der Waals surface area (Å²) in [5.74, 6) is 1.31. The molecule has 0 atom stereocenters. The van der Waals surface area contributed by atoms with Crippen LogP contribution in [0.3, 0.4) is 0 Å². The highest BCUT2D eigenvalue weighted by molar-refractivity contribution is 5.89. The number of methoxy groups -OCH3 is 1. The summed E-state index contributed by atoms with van der Waals surface area (Å²) in [4.78, 5) is 23.4. The number of hydrogen-bond acceptors (Lipinski definition) is 5. The number of rotatable bonds is 4. The molecule has 0 saturated heterocycles. The summed E-state index contributed by atoms with van der Waals surface area (Å²) < 4.78 is 4.80. The zero-order valence-electron chi connectivity index (χ0n) is 13.9. The van der Waals surface area contributed by atoms with Gasteiger partial charge in [-0.15, -0.1) is 0 Å². The normalized spacial score (nSPS) is 17.4. The number of hydrogen-bond donors (Lipinski definition) is 0. The third kappa shape index (κ3) is 3.17. The first kappa shape index (κ1) is 15.3. The van der Waals surface area contributed by atoms with Crippen LogP contribution in [-0.2, 0) is 24.2 Å². The number of carbonyl (C=O) groups is 1. The molecule has 5 heteroatoms. The monoisotopic (exact) mass is 323 g/mol. The van der Waals surface area contributed by atoms with Crippen LogP contribution in [0.25, 0.3) is 0 Å². The zero-order chi connectivity index (χ0) is 16.5. The molecule has 0 unspecified atom stereocenters. The number of aromatic nitrogens is 2. The van der Waals surface area contributed by atoms with Crippen LogP contribution in [0.1, 0.15) is 51.8 Å². The highest BCUT2D eigenvalue weighted by Gasteiger charge is 2.28. The summed E-state index contributed by atoms with van der Waals surface area (Å²) in [6.07, 6.45) is 5.45. The fourth-order valence-electron chi connectivity index (χ4n) is 3.22. The van der Waals surface area contributed by atoms with Crippen molar-refractivity contribution in [3.63, 3.8) is 0 Å². The van der Waals surface area contributed by atoms with Gasteiger partial charge in [-0.05, 0) is 42.5 Å². The van der Waals surface area contributed by atoms with Crippen LogP contribution in [0.4, 0.5) is 0 Å². The van der Waals surface area contributed by atoms with Gasteiger partial charge in [-0.1, -0.05) is 12.1 Å². The van der Waals surface area contributed by atoms with Crippen molar-refractivity contribution in [1.29, 1.82) is 0 Å². The van der Waals surface area contributed by atoms with Crippen LogP contribution in [0, 0.1) is 0 Å². The van der Waals surface area contributed by atoms with E-state index >= 15 is 0 Å². The van der Waals surface area contributed by atoms with Crippen molar-refractivity contribution in [3.05, 3.63) is 58.7 Å². The van der Waals surface area contributed by atoms with Crippen LogP contribution in [0.15, 0.2) is 30.5 Å². The lowest BCUT2D eigenvalue weighted by Crippen LogP contribution is -2.31. The van der Waals surface area contributed by atoms with E-state index in [4.69, 9.17) is 9.72 Å². The molecule has 4 rings (SSSR count). The summed E-state index contributed by atoms with van der Waals surface area (Å²) in [5.41, 5.74) is 4.17. The summed E-state index contributed by atoms with van der Waals surface area (Å²) in [5, 5.41) is 0. The minimum Gasteiger partial charge on any atom is -0.465 e. The highest BCUT2D eigenvalue weighted by Crippen LogP contribution is 2.38. The Labute approximate surface area is 141 Å². The molecule has 0 spiro atoms.